The van der Waals surface area contributed by atoms with Crippen LogP contribution in [0.25, 0.3) is 0 Å². The standard InChI is InChI=1S/C17H20N4O3/c1-3-4-11-9-14(11)19-13-6-5-12(10-15(13)21(23)24)16(22)17-18-7-8-20(17)2/h5-8,10-11,14,19H,3-4,9H2,1-2H3. The zero-order chi connectivity index (χ0) is 17.3. The van der Waals surface area contributed by atoms with Crippen molar-refractivity contribution in [3.05, 3.63) is 52.1 Å². The van der Waals surface area contributed by atoms with Crippen LogP contribution in [-0.2, 0) is 7.05 Å². The number of nitrogens with zero attached hydrogens (tertiary/aromatic N) is 3. The Hall–Kier alpha value is -2.70. The van der Waals surface area contributed by atoms with Gasteiger partial charge in [0.25, 0.3) is 5.69 Å². The molecule has 1 heterocycles. The summed E-state index contributed by atoms with van der Waals surface area (Å²) >= 11 is 0. The van der Waals surface area contributed by atoms with E-state index in [4.69, 9.17) is 0 Å². The fraction of sp³-hybridized carbons (Fsp3) is 0.412. The van der Waals surface area contributed by atoms with E-state index in [1.165, 1.54) is 12.3 Å². The number of nitro benzene ring substituents is 1. The molecule has 126 valence electrons. The number of carbonyl (C=O) groups excluding carboxylic acids is 1. The van der Waals surface area contributed by atoms with Crippen LogP contribution in [0.4, 0.5) is 11.4 Å². The van der Waals surface area contributed by atoms with Gasteiger partial charge in [-0.15, -0.1) is 0 Å². The molecule has 7 heteroatoms. The first-order valence-electron chi connectivity index (χ1n) is 8.08. The number of carbonyl (C=O) groups is 1. The molecular weight excluding hydrogens is 308 g/mol. The third kappa shape index (κ3) is 3.15. The van der Waals surface area contributed by atoms with Crippen molar-refractivity contribution in [2.45, 2.75) is 32.2 Å². The molecule has 1 saturated carbocycles. The Kier molecular flexibility index (Phi) is 4.33. The molecule has 0 bridgehead atoms. The fourth-order valence-electron chi connectivity index (χ4n) is 2.97. The van der Waals surface area contributed by atoms with Gasteiger partial charge in [-0.1, -0.05) is 13.3 Å². The van der Waals surface area contributed by atoms with Gasteiger partial charge in [-0.2, -0.15) is 0 Å². The predicted molar refractivity (Wildman–Crippen MR) is 90.2 cm³/mol. The van der Waals surface area contributed by atoms with Gasteiger partial charge in [-0.05, 0) is 30.9 Å². The second-order valence-electron chi connectivity index (χ2n) is 6.22. The molecule has 2 atom stereocenters. The highest BCUT2D eigenvalue weighted by Crippen LogP contribution is 2.39. The van der Waals surface area contributed by atoms with Crippen molar-refractivity contribution in [2.75, 3.05) is 5.32 Å². The van der Waals surface area contributed by atoms with E-state index in [0.717, 1.165) is 19.3 Å². The van der Waals surface area contributed by atoms with Crippen LogP contribution in [0, 0.1) is 16.0 Å². The fourth-order valence-corrected chi connectivity index (χ4v) is 2.97. The number of aryl methyl sites for hydroxylation is 1. The molecule has 0 radical (unpaired) electrons. The smallest absolute Gasteiger partial charge is 0.293 e. The number of imidazole rings is 1. The van der Waals surface area contributed by atoms with Crippen molar-refractivity contribution < 1.29 is 9.72 Å². The molecule has 1 aliphatic rings. The number of rotatable bonds is 7. The maximum atomic E-state index is 12.5. The van der Waals surface area contributed by atoms with Crippen molar-refractivity contribution >= 4 is 17.2 Å². The van der Waals surface area contributed by atoms with Gasteiger partial charge in [0.1, 0.15) is 5.69 Å². The van der Waals surface area contributed by atoms with Crippen LogP contribution in [0.5, 0.6) is 0 Å². The second-order valence-corrected chi connectivity index (χ2v) is 6.22. The van der Waals surface area contributed by atoms with Gasteiger partial charge in [0, 0.05) is 37.1 Å². The lowest BCUT2D eigenvalue weighted by Gasteiger charge is -2.08. The monoisotopic (exact) mass is 328 g/mol. The zero-order valence-corrected chi connectivity index (χ0v) is 13.7. The predicted octanol–water partition coefficient (Wildman–Crippen LogP) is 3.16. The molecule has 1 N–H and O–H groups in total. The molecule has 1 aliphatic carbocycles. The Labute approximate surface area is 139 Å². The normalized spacial score (nSPS) is 19.1. The van der Waals surface area contributed by atoms with Gasteiger partial charge in [0.2, 0.25) is 5.78 Å². The highest BCUT2D eigenvalue weighted by molar-refractivity contribution is 6.07. The van der Waals surface area contributed by atoms with Crippen LogP contribution in [0.1, 0.15) is 42.4 Å². The molecule has 1 aromatic heterocycles. The Morgan fingerprint density at radius 3 is 2.92 bits per heavy atom. The number of hydrogen-bond donors (Lipinski definition) is 1. The Morgan fingerprint density at radius 1 is 1.50 bits per heavy atom. The lowest BCUT2D eigenvalue weighted by molar-refractivity contribution is -0.384. The van der Waals surface area contributed by atoms with E-state index in [1.807, 2.05) is 0 Å². The van der Waals surface area contributed by atoms with Crippen LogP contribution in [0.2, 0.25) is 0 Å². The summed E-state index contributed by atoms with van der Waals surface area (Å²) in [4.78, 5) is 27.4. The molecular formula is C17H20N4O3. The molecule has 2 unspecified atom stereocenters. The number of nitro groups is 1. The van der Waals surface area contributed by atoms with Gasteiger partial charge in [-0.25, -0.2) is 4.98 Å². The molecule has 1 aromatic carbocycles. The number of hydrogen-bond acceptors (Lipinski definition) is 5. The third-order valence-electron chi connectivity index (χ3n) is 4.40. The number of nitrogens with one attached hydrogen (secondary N) is 1. The zero-order valence-electron chi connectivity index (χ0n) is 13.7. The maximum Gasteiger partial charge on any atom is 0.293 e. The van der Waals surface area contributed by atoms with Crippen LogP contribution < -0.4 is 5.32 Å². The van der Waals surface area contributed by atoms with Gasteiger partial charge in [-0.3, -0.25) is 14.9 Å². The van der Waals surface area contributed by atoms with Crippen LogP contribution in [0.15, 0.2) is 30.6 Å². The van der Waals surface area contributed by atoms with Gasteiger partial charge in [0.15, 0.2) is 5.82 Å². The van der Waals surface area contributed by atoms with Crippen molar-refractivity contribution in [1.82, 2.24) is 9.55 Å². The first-order valence-corrected chi connectivity index (χ1v) is 8.08. The summed E-state index contributed by atoms with van der Waals surface area (Å²) in [5.74, 6) is 0.520. The van der Waals surface area contributed by atoms with Crippen molar-refractivity contribution in [3.63, 3.8) is 0 Å². The van der Waals surface area contributed by atoms with Crippen molar-refractivity contribution in [1.29, 1.82) is 0 Å². The summed E-state index contributed by atoms with van der Waals surface area (Å²) in [7, 11) is 1.71. The molecule has 2 aromatic rings. The second kappa shape index (κ2) is 6.43. The van der Waals surface area contributed by atoms with Gasteiger partial charge < -0.3 is 9.88 Å². The Morgan fingerprint density at radius 2 is 2.29 bits per heavy atom. The lowest BCUT2D eigenvalue weighted by Crippen LogP contribution is -2.11. The molecule has 0 saturated heterocycles. The summed E-state index contributed by atoms with van der Waals surface area (Å²) in [6.45, 7) is 2.13. The molecule has 1 fully saturated rings. The highest BCUT2D eigenvalue weighted by Gasteiger charge is 2.37. The molecule has 7 nitrogen and oxygen atoms in total. The first kappa shape index (κ1) is 16.2. The highest BCUT2D eigenvalue weighted by atomic mass is 16.6. The Bertz CT molecular complexity index is 784. The van der Waals surface area contributed by atoms with E-state index in [1.54, 1.807) is 29.9 Å². The SMILES string of the molecule is CCCC1CC1Nc1ccc(C(=O)c2nccn2C)cc1[N+](=O)[O-]. The molecule has 3 rings (SSSR count). The minimum absolute atomic E-state index is 0.0720. The van der Waals surface area contributed by atoms with E-state index < -0.39 is 4.92 Å². The molecule has 0 aliphatic heterocycles. The summed E-state index contributed by atoms with van der Waals surface area (Å²) in [6.07, 6.45) is 6.47. The van der Waals surface area contributed by atoms with E-state index >= 15 is 0 Å². The topological polar surface area (TPSA) is 90.1 Å². The largest absolute Gasteiger partial charge is 0.376 e. The van der Waals surface area contributed by atoms with E-state index in [2.05, 4.69) is 17.2 Å². The number of ketones is 1. The van der Waals surface area contributed by atoms with Crippen LogP contribution in [0.3, 0.4) is 0 Å². The lowest BCUT2D eigenvalue weighted by atomic mass is 10.1. The summed E-state index contributed by atoms with van der Waals surface area (Å²) in [6, 6.07) is 4.86. The van der Waals surface area contributed by atoms with E-state index in [0.29, 0.717) is 17.6 Å². The average Bonchev–Trinajstić information content (AvgIpc) is 3.13. The van der Waals surface area contributed by atoms with Gasteiger partial charge >= 0.3 is 0 Å². The summed E-state index contributed by atoms with van der Waals surface area (Å²) in [5, 5.41) is 14.6. The van der Waals surface area contributed by atoms with Crippen molar-refractivity contribution in [3.8, 4) is 0 Å². The van der Waals surface area contributed by atoms with Crippen LogP contribution in [-0.4, -0.2) is 26.3 Å². The molecule has 24 heavy (non-hydrogen) atoms. The third-order valence-corrected chi connectivity index (χ3v) is 4.40. The van der Waals surface area contributed by atoms with Gasteiger partial charge in [0.05, 0.1) is 4.92 Å². The number of aromatic nitrogens is 2. The van der Waals surface area contributed by atoms with E-state index in [-0.39, 0.29) is 22.9 Å². The molecule has 0 amide bonds. The molecule has 0 spiro atoms. The average molecular weight is 328 g/mol. The minimum Gasteiger partial charge on any atom is -0.376 e. The minimum atomic E-state index is -0.450. The number of benzene rings is 1. The van der Waals surface area contributed by atoms with Crippen molar-refractivity contribution in [2.24, 2.45) is 13.0 Å². The Balaban J connectivity index is 1.84. The quantitative estimate of drug-likeness (QED) is 0.479. The first-order chi connectivity index (χ1) is 11.5. The van der Waals surface area contributed by atoms with E-state index in [9.17, 15) is 14.9 Å². The maximum absolute atomic E-state index is 12.5. The summed E-state index contributed by atoms with van der Waals surface area (Å²) in [5.41, 5.74) is 0.666. The number of anilines is 1. The van der Waals surface area contributed by atoms with Crippen LogP contribution >= 0.6 is 0 Å². The summed E-state index contributed by atoms with van der Waals surface area (Å²) < 4.78 is 1.60.